The molecular formula is C39H38O9. The number of Topliss-reactive ketones (excluding diaryl/α,β-unsaturated/α-hetero) is 1. The number of aromatic hydroxyl groups is 8. The van der Waals surface area contributed by atoms with E-state index in [1.165, 1.54) is 60.7 Å². The third kappa shape index (κ3) is 6.80. The number of carbonyl (C=O) groups excluding carboxylic acids is 1. The van der Waals surface area contributed by atoms with E-state index in [0.717, 1.165) is 11.1 Å². The van der Waals surface area contributed by atoms with Crippen molar-refractivity contribution in [3.05, 3.63) is 117 Å². The largest absolute Gasteiger partial charge is 0.508 e. The number of rotatable bonds is 8. The minimum absolute atomic E-state index is 0.0586. The Morgan fingerprint density at radius 1 is 0.750 bits per heavy atom. The molecule has 9 heteroatoms. The normalized spacial score (nSPS) is 17.6. The lowest BCUT2D eigenvalue weighted by Crippen LogP contribution is -2.31. The Labute approximate surface area is 278 Å². The molecular weight excluding hydrogens is 612 g/mol. The second-order valence-corrected chi connectivity index (χ2v) is 12.5. The van der Waals surface area contributed by atoms with E-state index >= 15 is 0 Å². The number of ketones is 1. The van der Waals surface area contributed by atoms with Crippen molar-refractivity contribution in [3.63, 3.8) is 0 Å². The van der Waals surface area contributed by atoms with Crippen molar-refractivity contribution in [1.29, 1.82) is 0 Å². The van der Waals surface area contributed by atoms with Crippen LogP contribution in [0.2, 0.25) is 0 Å². The average molecular weight is 651 g/mol. The summed E-state index contributed by atoms with van der Waals surface area (Å²) in [6.45, 7) is 5.58. The molecule has 0 aliphatic heterocycles. The Hall–Kier alpha value is -5.83. The zero-order valence-corrected chi connectivity index (χ0v) is 26.7. The highest BCUT2D eigenvalue weighted by Gasteiger charge is 2.43. The van der Waals surface area contributed by atoms with Gasteiger partial charge in [-0.3, -0.25) is 4.79 Å². The molecule has 3 atom stereocenters. The average Bonchev–Trinajstić information content (AvgIpc) is 2.99. The highest BCUT2D eigenvalue weighted by molar-refractivity contribution is 6.02. The van der Waals surface area contributed by atoms with Gasteiger partial charge >= 0.3 is 0 Å². The van der Waals surface area contributed by atoms with Gasteiger partial charge in [-0.15, -0.1) is 0 Å². The van der Waals surface area contributed by atoms with Crippen LogP contribution < -0.4 is 0 Å². The van der Waals surface area contributed by atoms with E-state index in [4.69, 9.17) is 0 Å². The van der Waals surface area contributed by atoms with Gasteiger partial charge in [0, 0.05) is 46.6 Å². The van der Waals surface area contributed by atoms with Crippen molar-refractivity contribution in [3.8, 4) is 46.0 Å². The Kier molecular flexibility index (Phi) is 9.43. The highest BCUT2D eigenvalue weighted by atomic mass is 16.3. The van der Waals surface area contributed by atoms with Crippen molar-refractivity contribution < 1.29 is 45.6 Å². The van der Waals surface area contributed by atoms with Gasteiger partial charge in [0.15, 0.2) is 5.78 Å². The summed E-state index contributed by atoms with van der Waals surface area (Å²) in [7, 11) is 0. The molecule has 0 bridgehead atoms. The molecule has 0 spiro atoms. The maximum absolute atomic E-state index is 14.6. The molecule has 0 saturated heterocycles. The van der Waals surface area contributed by atoms with Gasteiger partial charge in [0.25, 0.3) is 0 Å². The van der Waals surface area contributed by atoms with Crippen molar-refractivity contribution in [2.75, 3.05) is 0 Å². The molecule has 9 nitrogen and oxygen atoms in total. The monoisotopic (exact) mass is 650 g/mol. The lowest BCUT2D eigenvalue weighted by atomic mass is 9.65. The minimum atomic E-state index is -1.07. The predicted octanol–water partition coefficient (Wildman–Crippen LogP) is 7.73. The fourth-order valence-corrected chi connectivity index (χ4v) is 6.41. The Morgan fingerprint density at radius 3 is 2.02 bits per heavy atom. The van der Waals surface area contributed by atoms with Crippen LogP contribution >= 0.6 is 0 Å². The van der Waals surface area contributed by atoms with Gasteiger partial charge in [0.1, 0.15) is 46.0 Å². The number of hydrogen-bond acceptors (Lipinski definition) is 9. The van der Waals surface area contributed by atoms with E-state index in [2.05, 4.69) is 0 Å². The molecule has 0 saturated carbocycles. The van der Waals surface area contributed by atoms with E-state index in [0.29, 0.717) is 23.1 Å². The topological polar surface area (TPSA) is 179 Å². The molecule has 0 heterocycles. The van der Waals surface area contributed by atoms with Crippen LogP contribution in [-0.4, -0.2) is 46.6 Å². The molecule has 0 fully saturated rings. The molecule has 0 aromatic heterocycles. The van der Waals surface area contributed by atoms with Crippen LogP contribution in [0.1, 0.15) is 77.2 Å². The van der Waals surface area contributed by atoms with Gasteiger partial charge in [-0.1, -0.05) is 41.5 Å². The van der Waals surface area contributed by atoms with Gasteiger partial charge in [-0.25, -0.2) is 0 Å². The summed E-state index contributed by atoms with van der Waals surface area (Å²) in [5.74, 6) is -5.11. The minimum Gasteiger partial charge on any atom is -0.508 e. The predicted molar refractivity (Wildman–Crippen MR) is 183 cm³/mol. The summed E-state index contributed by atoms with van der Waals surface area (Å²) in [6, 6.07) is 13.7. The summed E-state index contributed by atoms with van der Waals surface area (Å²) in [5.41, 5.74) is 3.06. The van der Waals surface area contributed by atoms with Crippen LogP contribution in [0, 0.1) is 5.92 Å². The zero-order valence-electron chi connectivity index (χ0n) is 26.7. The van der Waals surface area contributed by atoms with Gasteiger partial charge in [-0.05, 0) is 87.2 Å². The van der Waals surface area contributed by atoms with E-state index in [1.54, 1.807) is 18.2 Å². The molecule has 248 valence electrons. The number of phenolic OH excluding ortho intramolecular Hbond substituents is 8. The van der Waals surface area contributed by atoms with E-state index in [-0.39, 0.29) is 69.1 Å². The molecule has 0 radical (unpaired) electrons. The van der Waals surface area contributed by atoms with Crippen molar-refractivity contribution >= 4 is 17.9 Å². The fourth-order valence-electron chi connectivity index (χ4n) is 6.41. The standard InChI is InChI=1S/C39H38O9/c1-20(2)4-10-27-31(42)13-12-28(38(27)47)39(48)36-29(26-11-9-25(41)19-33(26)44)14-21(3)15-30(36)37-34(45)16-22(17-35(37)46)5-6-23-7-8-24(40)18-32(23)43/h4-9,11-13,15-19,29-30,36,40-47H,10,14H2,1-3H3/b6-5+/t29-,30-,36+/m0/s1. The number of carbonyl (C=O) groups is 1. The third-order valence-corrected chi connectivity index (χ3v) is 8.74. The first kappa shape index (κ1) is 33.5. The number of phenols is 8. The van der Waals surface area contributed by atoms with Crippen LogP contribution in [-0.2, 0) is 6.42 Å². The SMILES string of the molecule is CC(C)=CCc1c(O)ccc(C(=O)[C@H]2[C@@H](c3c(O)cc(/C=C/c4ccc(O)cc4O)cc3O)C=C(C)C[C@H]2c2ccc(O)cc2O)c1O. The first-order valence-corrected chi connectivity index (χ1v) is 15.4. The zero-order chi connectivity index (χ0) is 34.9. The summed E-state index contributed by atoms with van der Waals surface area (Å²) < 4.78 is 0. The third-order valence-electron chi connectivity index (χ3n) is 8.74. The van der Waals surface area contributed by atoms with Crippen LogP contribution in [0.3, 0.4) is 0 Å². The second-order valence-electron chi connectivity index (χ2n) is 12.5. The van der Waals surface area contributed by atoms with Gasteiger partial charge in [-0.2, -0.15) is 0 Å². The van der Waals surface area contributed by atoms with E-state index in [1.807, 2.05) is 26.8 Å². The summed E-state index contributed by atoms with van der Waals surface area (Å²) in [5, 5.41) is 85.3. The number of allylic oxidation sites excluding steroid dienone is 4. The highest BCUT2D eigenvalue weighted by Crippen LogP contribution is 2.53. The first-order chi connectivity index (χ1) is 22.7. The number of hydrogen-bond donors (Lipinski definition) is 8. The second kappa shape index (κ2) is 13.5. The van der Waals surface area contributed by atoms with Gasteiger partial charge in [0.2, 0.25) is 0 Å². The molecule has 48 heavy (non-hydrogen) atoms. The van der Waals surface area contributed by atoms with E-state index < -0.39 is 23.5 Å². The van der Waals surface area contributed by atoms with Crippen molar-refractivity contribution in [1.82, 2.24) is 0 Å². The first-order valence-electron chi connectivity index (χ1n) is 15.4. The van der Waals surface area contributed by atoms with Crippen LogP contribution in [0.5, 0.6) is 46.0 Å². The van der Waals surface area contributed by atoms with Crippen LogP contribution in [0.15, 0.2) is 84.0 Å². The summed E-state index contributed by atoms with van der Waals surface area (Å²) in [6.07, 6.45) is 7.17. The molecule has 0 unspecified atom stereocenters. The molecule has 1 aliphatic rings. The van der Waals surface area contributed by atoms with Crippen molar-refractivity contribution in [2.45, 2.75) is 45.4 Å². The smallest absolute Gasteiger partial charge is 0.171 e. The van der Waals surface area contributed by atoms with Crippen molar-refractivity contribution in [2.24, 2.45) is 5.92 Å². The molecule has 0 amide bonds. The summed E-state index contributed by atoms with van der Waals surface area (Å²) in [4.78, 5) is 14.6. The maximum Gasteiger partial charge on any atom is 0.171 e. The quantitative estimate of drug-likeness (QED) is 0.0538. The number of benzene rings is 4. The van der Waals surface area contributed by atoms with Crippen LogP contribution in [0.25, 0.3) is 12.2 Å². The van der Waals surface area contributed by atoms with Gasteiger partial charge < -0.3 is 40.9 Å². The Balaban J connectivity index is 1.65. The summed E-state index contributed by atoms with van der Waals surface area (Å²) >= 11 is 0. The fraction of sp³-hybridized carbons (Fsp3) is 0.205. The Morgan fingerprint density at radius 2 is 1.40 bits per heavy atom. The molecule has 1 aliphatic carbocycles. The van der Waals surface area contributed by atoms with Gasteiger partial charge in [0.05, 0.1) is 5.56 Å². The van der Waals surface area contributed by atoms with E-state index in [9.17, 15) is 45.6 Å². The molecule has 8 N–H and O–H groups in total. The maximum atomic E-state index is 14.6. The lowest BCUT2D eigenvalue weighted by Gasteiger charge is -2.37. The van der Waals surface area contributed by atoms with Crippen LogP contribution in [0.4, 0.5) is 0 Å². The molecule has 4 aromatic carbocycles. The molecule has 5 rings (SSSR count). The molecule has 4 aromatic rings. The Bertz CT molecular complexity index is 1960. The lowest BCUT2D eigenvalue weighted by molar-refractivity contribution is 0.0876.